The Balaban J connectivity index is 2.23. The van der Waals surface area contributed by atoms with Crippen LogP contribution in [0.5, 0.6) is 5.75 Å². The monoisotopic (exact) mass is 275 g/mol. The third kappa shape index (κ3) is 3.53. The Morgan fingerprint density at radius 2 is 2.05 bits per heavy atom. The summed E-state index contributed by atoms with van der Waals surface area (Å²) in [5.41, 5.74) is 0.776. The number of carbonyl (C=O) groups is 1. The molecule has 0 amide bonds. The van der Waals surface area contributed by atoms with Crippen molar-refractivity contribution in [1.82, 2.24) is 20.2 Å². The van der Waals surface area contributed by atoms with Crippen molar-refractivity contribution in [3.8, 4) is 5.75 Å². The molecule has 0 aliphatic heterocycles. The van der Waals surface area contributed by atoms with E-state index in [0.717, 1.165) is 11.3 Å². The summed E-state index contributed by atoms with van der Waals surface area (Å²) >= 11 is 0. The van der Waals surface area contributed by atoms with Gasteiger partial charge in [-0.15, -0.1) is 5.10 Å². The lowest BCUT2D eigenvalue weighted by atomic mass is 10.0. The van der Waals surface area contributed by atoms with Gasteiger partial charge in [-0.2, -0.15) is 0 Å². The van der Waals surface area contributed by atoms with E-state index in [1.807, 2.05) is 13.8 Å². The summed E-state index contributed by atoms with van der Waals surface area (Å²) < 4.78 is 6.94. The zero-order valence-electron chi connectivity index (χ0n) is 11.3. The summed E-state index contributed by atoms with van der Waals surface area (Å²) in [6.45, 7) is 3.88. The normalized spacial score (nSPS) is 12.3. The smallest absolute Gasteiger partial charge is 0.138 e. The standard InChI is InChI=1S/C13H16N4O3/c1-9(2)20-11-5-3-10(4-6-11)12(7-13(18)19)17-8-14-15-16-17/h3-6,8-9,12H,7H2,1-2H3,(H,18,19)/p-1/t12-/m1/s1. The van der Waals surface area contributed by atoms with Gasteiger partial charge in [-0.1, -0.05) is 12.1 Å². The minimum absolute atomic E-state index is 0.0828. The maximum Gasteiger partial charge on any atom is 0.138 e. The first-order chi connectivity index (χ1) is 9.56. The fourth-order valence-electron chi connectivity index (χ4n) is 1.87. The highest BCUT2D eigenvalue weighted by molar-refractivity contribution is 5.65. The molecule has 0 N–H and O–H groups in total. The van der Waals surface area contributed by atoms with E-state index in [-0.39, 0.29) is 12.5 Å². The van der Waals surface area contributed by atoms with E-state index < -0.39 is 12.0 Å². The maximum atomic E-state index is 10.9. The van der Waals surface area contributed by atoms with Crippen LogP contribution in [0.15, 0.2) is 30.6 Å². The summed E-state index contributed by atoms with van der Waals surface area (Å²) in [7, 11) is 0. The van der Waals surface area contributed by atoms with Gasteiger partial charge < -0.3 is 14.6 Å². The van der Waals surface area contributed by atoms with Crippen LogP contribution in [0, 0.1) is 0 Å². The van der Waals surface area contributed by atoms with Gasteiger partial charge in [0.15, 0.2) is 0 Å². The summed E-state index contributed by atoms with van der Waals surface area (Å²) in [6.07, 6.45) is 1.26. The van der Waals surface area contributed by atoms with Gasteiger partial charge >= 0.3 is 0 Å². The zero-order valence-corrected chi connectivity index (χ0v) is 11.3. The molecule has 1 aromatic carbocycles. The second-order valence-corrected chi connectivity index (χ2v) is 4.62. The lowest BCUT2D eigenvalue weighted by molar-refractivity contribution is -0.306. The third-order valence-corrected chi connectivity index (χ3v) is 2.68. The van der Waals surface area contributed by atoms with Crippen LogP contribution in [0.2, 0.25) is 0 Å². The van der Waals surface area contributed by atoms with Gasteiger partial charge in [-0.25, -0.2) is 4.68 Å². The van der Waals surface area contributed by atoms with Gasteiger partial charge in [0.1, 0.15) is 12.1 Å². The predicted octanol–water partition coefficient (Wildman–Crippen LogP) is 0.190. The molecule has 0 aliphatic carbocycles. The molecule has 0 unspecified atom stereocenters. The van der Waals surface area contributed by atoms with Crippen LogP contribution in [0.3, 0.4) is 0 Å². The van der Waals surface area contributed by atoms with Gasteiger partial charge in [0.05, 0.1) is 12.1 Å². The van der Waals surface area contributed by atoms with Gasteiger partial charge in [0.25, 0.3) is 0 Å². The molecule has 2 rings (SSSR count). The van der Waals surface area contributed by atoms with Crippen LogP contribution in [0.1, 0.15) is 31.9 Å². The number of benzene rings is 1. The number of carboxylic acid groups (broad SMARTS) is 1. The lowest BCUT2D eigenvalue weighted by Crippen LogP contribution is -2.27. The number of nitrogens with zero attached hydrogens (tertiary/aromatic N) is 4. The Kier molecular flexibility index (Phi) is 4.29. The van der Waals surface area contributed by atoms with Crippen LogP contribution >= 0.6 is 0 Å². The van der Waals surface area contributed by atoms with E-state index in [4.69, 9.17) is 4.74 Å². The number of aliphatic carboxylic acids is 1. The molecule has 1 heterocycles. The highest BCUT2D eigenvalue weighted by Gasteiger charge is 2.15. The van der Waals surface area contributed by atoms with Crippen molar-refractivity contribution in [2.45, 2.75) is 32.4 Å². The Morgan fingerprint density at radius 3 is 2.55 bits per heavy atom. The highest BCUT2D eigenvalue weighted by atomic mass is 16.5. The van der Waals surface area contributed by atoms with Crippen molar-refractivity contribution in [2.75, 3.05) is 0 Å². The second-order valence-electron chi connectivity index (χ2n) is 4.62. The number of rotatable bonds is 6. The first-order valence-corrected chi connectivity index (χ1v) is 6.25. The predicted molar refractivity (Wildman–Crippen MR) is 67.8 cm³/mol. The Morgan fingerprint density at radius 1 is 1.35 bits per heavy atom. The Bertz CT molecular complexity index is 552. The Hall–Kier alpha value is -2.44. The van der Waals surface area contributed by atoms with Gasteiger partial charge in [0.2, 0.25) is 0 Å². The number of hydrogen-bond acceptors (Lipinski definition) is 6. The average molecular weight is 275 g/mol. The fourth-order valence-corrected chi connectivity index (χ4v) is 1.87. The van der Waals surface area contributed by atoms with Crippen LogP contribution < -0.4 is 9.84 Å². The molecular weight excluding hydrogens is 260 g/mol. The molecule has 0 saturated carbocycles. The molecule has 7 nitrogen and oxygen atoms in total. The quantitative estimate of drug-likeness (QED) is 0.747. The van der Waals surface area contributed by atoms with E-state index in [2.05, 4.69) is 15.5 Å². The average Bonchev–Trinajstić information content (AvgIpc) is 2.90. The van der Waals surface area contributed by atoms with Crippen LogP contribution in [-0.4, -0.2) is 32.3 Å². The van der Waals surface area contributed by atoms with Crippen LogP contribution in [-0.2, 0) is 4.79 Å². The molecule has 1 atom stereocenters. The minimum Gasteiger partial charge on any atom is -0.550 e. The van der Waals surface area contributed by atoms with E-state index >= 15 is 0 Å². The maximum absolute atomic E-state index is 10.9. The van der Waals surface area contributed by atoms with Crippen molar-refractivity contribution in [1.29, 1.82) is 0 Å². The van der Waals surface area contributed by atoms with Gasteiger partial charge in [0, 0.05) is 12.4 Å². The molecule has 0 fully saturated rings. The number of hydrogen-bond donors (Lipinski definition) is 0. The summed E-state index contributed by atoms with van der Waals surface area (Å²) in [5.74, 6) is -0.430. The molecule has 0 saturated heterocycles. The van der Waals surface area contributed by atoms with Gasteiger partial charge in [-0.05, 0) is 42.0 Å². The SMILES string of the molecule is CC(C)Oc1ccc([C@@H](CC(=O)[O-])n2cnnn2)cc1. The molecule has 0 aliphatic rings. The molecule has 0 radical (unpaired) electrons. The first kappa shape index (κ1) is 14.0. The Labute approximate surface area is 116 Å². The molecule has 7 heteroatoms. The highest BCUT2D eigenvalue weighted by Crippen LogP contribution is 2.23. The summed E-state index contributed by atoms with van der Waals surface area (Å²) in [4.78, 5) is 10.9. The van der Waals surface area contributed by atoms with E-state index in [1.54, 1.807) is 24.3 Å². The van der Waals surface area contributed by atoms with E-state index in [0.29, 0.717) is 0 Å². The summed E-state index contributed by atoms with van der Waals surface area (Å²) in [5, 5.41) is 21.7. The largest absolute Gasteiger partial charge is 0.550 e. The molecule has 0 spiro atoms. The molecule has 0 bridgehead atoms. The van der Waals surface area contributed by atoms with Crippen molar-refractivity contribution in [3.63, 3.8) is 0 Å². The molecule has 2 aromatic rings. The van der Waals surface area contributed by atoms with Crippen LogP contribution in [0.25, 0.3) is 0 Å². The molecular formula is C13H15N4O3-. The van der Waals surface area contributed by atoms with Crippen LogP contribution in [0.4, 0.5) is 0 Å². The number of carboxylic acids is 1. The molecule has 1 aromatic heterocycles. The summed E-state index contributed by atoms with van der Waals surface area (Å²) in [6, 6.07) is 6.69. The van der Waals surface area contributed by atoms with E-state index in [1.165, 1.54) is 11.0 Å². The lowest BCUT2D eigenvalue weighted by Gasteiger charge is -2.18. The van der Waals surface area contributed by atoms with Crippen molar-refractivity contribution < 1.29 is 14.6 Å². The van der Waals surface area contributed by atoms with Crippen molar-refractivity contribution in [2.24, 2.45) is 0 Å². The first-order valence-electron chi connectivity index (χ1n) is 6.25. The van der Waals surface area contributed by atoms with E-state index in [9.17, 15) is 9.90 Å². The molecule has 20 heavy (non-hydrogen) atoms. The number of carbonyl (C=O) groups excluding carboxylic acids is 1. The number of tetrazole rings is 1. The van der Waals surface area contributed by atoms with Crippen molar-refractivity contribution in [3.05, 3.63) is 36.2 Å². The second kappa shape index (κ2) is 6.14. The fraction of sp³-hybridized carbons (Fsp3) is 0.385. The van der Waals surface area contributed by atoms with Gasteiger partial charge in [-0.3, -0.25) is 0 Å². The van der Waals surface area contributed by atoms with Crippen molar-refractivity contribution >= 4 is 5.97 Å². The zero-order chi connectivity index (χ0) is 14.5. The topological polar surface area (TPSA) is 93.0 Å². The molecule has 106 valence electrons. The number of aromatic nitrogens is 4. The number of ether oxygens (including phenoxy) is 1. The third-order valence-electron chi connectivity index (χ3n) is 2.68. The minimum atomic E-state index is -1.16.